The molecule has 7 heteroatoms. The molecule has 0 aliphatic heterocycles. The lowest BCUT2D eigenvalue weighted by Crippen LogP contribution is -2.51. The van der Waals surface area contributed by atoms with Gasteiger partial charge < -0.3 is 14.9 Å². The van der Waals surface area contributed by atoms with Crippen molar-refractivity contribution in [2.45, 2.75) is 24.3 Å². The molecule has 0 spiro atoms. The molecule has 108 valence electrons. The first kappa shape index (κ1) is 15.9. The molecule has 0 aliphatic carbocycles. The summed E-state index contributed by atoms with van der Waals surface area (Å²) in [6.45, 7) is 2.75. The molecule has 0 unspecified atom stereocenters. The Balaban J connectivity index is 2.94. The molecule has 1 aromatic rings. The molecular weight excluding hydrogens is 270 g/mol. The average molecular weight is 289 g/mol. The van der Waals surface area contributed by atoms with Crippen LogP contribution in [0, 0.1) is 0 Å². The van der Waals surface area contributed by atoms with E-state index < -0.39 is 28.8 Å². The highest BCUT2D eigenvalue weighted by atomic mass is 32.2. The Morgan fingerprint density at radius 1 is 1.21 bits per heavy atom. The van der Waals surface area contributed by atoms with E-state index in [1.807, 2.05) is 6.92 Å². The van der Waals surface area contributed by atoms with Crippen molar-refractivity contribution >= 4 is 10.0 Å². The summed E-state index contributed by atoms with van der Waals surface area (Å²) in [5.41, 5.74) is -1.29. The van der Waals surface area contributed by atoms with Crippen LogP contribution in [0.2, 0.25) is 0 Å². The van der Waals surface area contributed by atoms with Gasteiger partial charge in [-0.3, -0.25) is 0 Å². The van der Waals surface area contributed by atoms with Crippen LogP contribution >= 0.6 is 0 Å². The number of rotatable bonds is 7. The Morgan fingerprint density at radius 3 is 2.16 bits per heavy atom. The third-order valence-electron chi connectivity index (χ3n) is 2.52. The Bertz CT molecular complexity index is 493. The van der Waals surface area contributed by atoms with Crippen LogP contribution in [-0.4, -0.2) is 44.0 Å². The first-order chi connectivity index (χ1) is 8.87. The first-order valence-electron chi connectivity index (χ1n) is 5.85. The SMILES string of the molecule is CCOc1ccc(S(=O)(=O)NC(C)(CO)CO)cc1. The van der Waals surface area contributed by atoms with E-state index in [0.29, 0.717) is 12.4 Å². The molecule has 0 saturated heterocycles. The lowest BCUT2D eigenvalue weighted by atomic mass is 10.1. The smallest absolute Gasteiger partial charge is 0.241 e. The molecule has 1 rings (SSSR count). The van der Waals surface area contributed by atoms with Gasteiger partial charge in [0, 0.05) is 0 Å². The Hall–Kier alpha value is -1.15. The van der Waals surface area contributed by atoms with E-state index in [1.54, 1.807) is 12.1 Å². The molecule has 3 N–H and O–H groups in total. The van der Waals surface area contributed by atoms with Crippen LogP contribution in [0.4, 0.5) is 0 Å². The van der Waals surface area contributed by atoms with Crippen LogP contribution in [0.25, 0.3) is 0 Å². The second-order valence-electron chi connectivity index (χ2n) is 4.39. The van der Waals surface area contributed by atoms with Gasteiger partial charge in [-0.25, -0.2) is 13.1 Å². The Labute approximate surface area is 113 Å². The topological polar surface area (TPSA) is 95.9 Å². The van der Waals surface area contributed by atoms with Gasteiger partial charge in [-0.1, -0.05) is 0 Å². The molecule has 6 nitrogen and oxygen atoms in total. The number of aliphatic hydroxyl groups excluding tert-OH is 2. The Kier molecular flexibility index (Phi) is 5.30. The van der Waals surface area contributed by atoms with Crippen LogP contribution < -0.4 is 9.46 Å². The summed E-state index contributed by atoms with van der Waals surface area (Å²) in [7, 11) is -3.80. The summed E-state index contributed by atoms with van der Waals surface area (Å²) >= 11 is 0. The lowest BCUT2D eigenvalue weighted by Gasteiger charge is -2.25. The minimum Gasteiger partial charge on any atom is -0.494 e. The predicted octanol–water partition coefficient (Wildman–Crippen LogP) is 0.107. The molecule has 0 amide bonds. The third-order valence-corrected chi connectivity index (χ3v) is 4.18. The standard InChI is InChI=1S/C12H19NO5S/c1-3-18-10-4-6-11(7-5-10)19(16,17)13-12(2,8-14)9-15/h4-7,13-15H,3,8-9H2,1-2H3. The van der Waals surface area contributed by atoms with Crippen LogP contribution in [0.5, 0.6) is 5.75 Å². The van der Waals surface area contributed by atoms with Gasteiger partial charge in [0.2, 0.25) is 10.0 Å². The predicted molar refractivity (Wildman–Crippen MR) is 70.5 cm³/mol. The third kappa shape index (κ3) is 4.17. The van der Waals surface area contributed by atoms with Crippen LogP contribution in [0.1, 0.15) is 13.8 Å². The number of nitrogens with one attached hydrogen (secondary N) is 1. The van der Waals surface area contributed by atoms with Gasteiger partial charge in [0.15, 0.2) is 0 Å². The fourth-order valence-corrected chi connectivity index (χ4v) is 2.77. The van der Waals surface area contributed by atoms with Gasteiger partial charge in [0.1, 0.15) is 5.75 Å². The van der Waals surface area contributed by atoms with Crippen LogP contribution in [0.15, 0.2) is 29.2 Å². The van der Waals surface area contributed by atoms with Gasteiger partial charge in [-0.2, -0.15) is 0 Å². The normalized spacial score (nSPS) is 12.4. The number of hydrogen-bond donors (Lipinski definition) is 3. The average Bonchev–Trinajstić information content (AvgIpc) is 2.39. The van der Waals surface area contributed by atoms with Gasteiger partial charge in [-0.05, 0) is 38.1 Å². The largest absolute Gasteiger partial charge is 0.494 e. The summed E-state index contributed by atoms with van der Waals surface area (Å²) in [4.78, 5) is 0.0454. The monoisotopic (exact) mass is 289 g/mol. The zero-order valence-corrected chi connectivity index (χ0v) is 11.8. The van der Waals surface area contributed by atoms with Crippen molar-refractivity contribution in [3.63, 3.8) is 0 Å². The minimum atomic E-state index is -3.80. The van der Waals surface area contributed by atoms with Crippen molar-refractivity contribution in [2.75, 3.05) is 19.8 Å². The molecule has 0 aromatic heterocycles. The van der Waals surface area contributed by atoms with E-state index in [2.05, 4.69) is 4.72 Å². The first-order valence-corrected chi connectivity index (χ1v) is 7.34. The molecular formula is C12H19NO5S. The summed E-state index contributed by atoms with van der Waals surface area (Å²) in [6, 6.07) is 5.91. The summed E-state index contributed by atoms with van der Waals surface area (Å²) in [6.07, 6.45) is 0. The molecule has 19 heavy (non-hydrogen) atoms. The van der Waals surface area contributed by atoms with E-state index in [4.69, 9.17) is 14.9 Å². The van der Waals surface area contributed by atoms with Crippen molar-refractivity contribution in [2.24, 2.45) is 0 Å². The second-order valence-corrected chi connectivity index (χ2v) is 6.07. The number of benzene rings is 1. The molecule has 0 aliphatic rings. The van der Waals surface area contributed by atoms with E-state index in [-0.39, 0.29) is 4.90 Å². The molecule has 0 bridgehead atoms. The highest BCUT2D eigenvalue weighted by Gasteiger charge is 2.29. The minimum absolute atomic E-state index is 0.0454. The molecule has 0 saturated carbocycles. The van der Waals surface area contributed by atoms with Crippen molar-refractivity contribution in [3.8, 4) is 5.75 Å². The lowest BCUT2D eigenvalue weighted by molar-refractivity contribution is 0.122. The molecule has 1 aromatic carbocycles. The molecule has 0 heterocycles. The highest BCUT2D eigenvalue weighted by molar-refractivity contribution is 7.89. The quantitative estimate of drug-likeness (QED) is 0.662. The van der Waals surface area contributed by atoms with Crippen molar-refractivity contribution in [1.82, 2.24) is 4.72 Å². The fraction of sp³-hybridized carbons (Fsp3) is 0.500. The molecule has 0 radical (unpaired) electrons. The number of aliphatic hydroxyl groups is 2. The fourth-order valence-electron chi connectivity index (χ4n) is 1.38. The van der Waals surface area contributed by atoms with Crippen molar-refractivity contribution in [3.05, 3.63) is 24.3 Å². The number of ether oxygens (including phenoxy) is 1. The van der Waals surface area contributed by atoms with Crippen molar-refractivity contribution < 1.29 is 23.4 Å². The number of sulfonamides is 1. The maximum Gasteiger partial charge on any atom is 0.241 e. The maximum atomic E-state index is 12.1. The van der Waals surface area contributed by atoms with Crippen LogP contribution in [0.3, 0.4) is 0 Å². The Morgan fingerprint density at radius 2 is 1.74 bits per heavy atom. The maximum absolute atomic E-state index is 12.1. The van der Waals surface area contributed by atoms with Gasteiger partial charge in [-0.15, -0.1) is 0 Å². The van der Waals surface area contributed by atoms with Gasteiger partial charge in [0.05, 0.1) is 30.3 Å². The molecule has 0 atom stereocenters. The van der Waals surface area contributed by atoms with E-state index in [1.165, 1.54) is 19.1 Å². The second kappa shape index (κ2) is 6.33. The summed E-state index contributed by atoms with van der Waals surface area (Å²) < 4.78 is 31.6. The van der Waals surface area contributed by atoms with Crippen molar-refractivity contribution in [1.29, 1.82) is 0 Å². The zero-order valence-electron chi connectivity index (χ0n) is 11.0. The highest BCUT2D eigenvalue weighted by Crippen LogP contribution is 2.17. The summed E-state index contributed by atoms with van der Waals surface area (Å²) in [5.74, 6) is 0.577. The summed E-state index contributed by atoms with van der Waals surface area (Å²) in [5, 5.41) is 18.2. The zero-order chi connectivity index (χ0) is 14.5. The van der Waals surface area contributed by atoms with E-state index in [9.17, 15) is 8.42 Å². The van der Waals surface area contributed by atoms with E-state index in [0.717, 1.165) is 0 Å². The van der Waals surface area contributed by atoms with Gasteiger partial charge >= 0.3 is 0 Å². The van der Waals surface area contributed by atoms with Crippen LogP contribution in [-0.2, 0) is 10.0 Å². The molecule has 0 fully saturated rings. The number of hydrogen-bond acceptors (Lipinski definition) is 5. The van der Waals surface area contributed by atoms with Gasteiger partial charge in [0.25, 0.3) is 0 Å². The van der Waals surface area contributed by atoms with E-state index >= 15 is 0 Å².